The predicted molar refractivity (Wildman–Crippen MR) is 87.4 cm³/mol. The molecule has 2 nitrogen and oxygen atoms in total. The fourth-order valence-corrected chi connectivity index (χ4v) is 3.00. The third-order valence-electron chi connectivity index (χ3n) is 3.79. The van der Waals surface area contributed by atoms with Gasteiger partial charge < -0.3 is 10.1 Å². The molecule has 110 valence electrons. The molecule has 0 radical (unpaired) electrons. The molecule has 2 aromatic rings. The van der Waals surface area contributed by atoms with Gasteiger partial charge in [-0.15, -0.1) is 0 Å². The molecule has 1 N–H and O–H groups in total. The number of hydrogen-bond acceptors (Lipinski definition) is 2. The summed E-state index contributed by atoms with van der Waals surface area (Å²) in [5.41, 5.74) is 3.54. The van der Waals surface area contributed by atoms with E-state index in [0.29, 0.717) is 0 Å². The summed E-state index contributed by atoms with van der Waals surface area (Å²) in [4.78, 5) is 0. The lowest BCUT2D eigenvalue weighted by atomic mass is 10.1. The Balaban J connectivity index is 1.72. The van der Waals surface area contributed by atoms with E-state index in [1.54, 1.807) is 0 Å². The summed E-state index contributed by atoms with van der Waals surface area (Å²) in [6.45, 7) is 3.61. The van der Waals surface area contributed by atoms with Crippen LogP contribution in [0.4, 0.5) is 0 Å². The van der Waals surface area contributed by atoms with Crippen molar-refractivity contribution in [2.75, 3.05) is 6.61 Å². The Kier molecular flexibility index (Phi) is 4.39. The highest BCUT2D eigenvalue weighted by Crippen LogP contribution is 2.33. The Hall–Kier alpha value is -1.22. The molecule has 4 heteroatoms. The summed E-state index contributed by atoms with van der Waals surface area (Å²) in [6, 6.07) is 12.1. The summed E-state index contributed by atoms with van der Waals surface area (Å²) in [5, 5.41) is 5.04. The van der Waals surface area contributed by atoms with E-state index in [9.17, 15) is 0 Å². The molecule has 1 aliphatic heterocycles. The zero-order valence-electron chi connectivity index (χ0n) is 11.8. The first-order valence-corrected chi connectivity index (χ1v) is 7.82. The van der Waals surface area contributed by atoms with Crippen LogP contribution in [0.15, 0.2) is 36.4 Å². The number of fused-ring (bicyclic) bond motifs is 1. The van der Waals surface area contributed by atoms with Crippen molar-refractivity contribution in [2.45, 2.75) is 25.9 Å². The first-order chi connectivity index (χ1) is 10.1. The number of nitrogens with one attached hydrogen (secondary N) is 1. The predicted octanol–water partition coefficient (Wildman–Crippen LogP) is 4.78. The summed E-state index contributed by atoms with van der Waals surface area (Å²) in [7, 11) is 0. The van der Waals surface area contributed by atoms with Gasteiger partial charge in [0.25, 0.3) is 0 Å². The summed E-state index contributed by atoms with van der Waals surface area (Å²) >= 11 is 12.1. The van der Waals surface area contributed by atoms with Gasteiger partial charge in [-0.2, -0.15) is 0 Å². The van der Waals surface area contributed by atoms with Crippen LogP contribution in [0.3, 0.4) is 0 Å². The minimum atomic E-state index is 0.235. The zero-order chi connectivity index (χ0) is 14.8. The molecule has 0 aromatic heterocycles. The van der Waals surface area contributed by atoms with E-state index in [1.807, 2.05) is 36.4 Å². The Morgan fingerprint density at radius 1 is 1.14 bits per heavy atom. The molecule has 0 fully saturated rings. The Morgan fingerprint density at radius 2 is 1.90 bits per heavy atom. The molecule has 0 aliphatic carbocycles. The molecule has 3 rings (SSSR count). The number of hydrogen-bond donors (Lipinski definition) is 1. The average Bonchev–Trinajstić information content (AvgIpc) is 2.93. The molecule has 1 atom stereocenters. The maximum absolute atomic E-state index is 6.18. The van der Waals surface area contributed by atoms with E-state index in [0.717, 1.165) is 40.9 Å². The Morgan fingerprint density at radius 3 is 2.67 bits per heavy atom. The molecule has 0 spiro atoms. The molecule has 0 bridgehead atoms. The molecule has 0 unspecified atom stereocenters. The quantitative estimate of drug-likeness (QED) is 0.875. The second-order valence-electron chi connectivity index (χ2n) is 5.31. The van der Waals surface area contributed by atoms with Gasteiger partial charge >= 0.3 is 0 Å². The van der Waals surface area contributed by atoms with Crippen LogP contribution in [0.25, 0.3) is 0 Å². The molecule has 1 heterocycles. The van der Waals surface area contributed by atoms with Crippen molar-refractivity contribution in [1.29, 1.82) is 0 Å². The lowest BCUT2D eigenvalue weighted by molar-refractivity contribution is 0.351. The van der Waals surface area contributed by atoms with Crippen molar-refractivity contribution < 1.29 is 4.74 Å². The Labute approximate surface area is 135 Å². The van der Waals surface area contributed by atoms with Crippen molar-refractivity contribution >= 4 is 23.2 Å². The van der Waals surface area contributed by atoms with Crippen LogP contribution in [-0.2, 0) is 13.0 Å². The molecular formula is C17H17Cl2NO. The first kappa shape index (κ1) is 14.7. The van der Waals surface area contributed by atoms with Crippen LogP contribution in [-0.4, -0.2) is 6.61 Å². The standard InChI is InChI=1S/C17H17Cl2NO/c1-11(12-2-4-15(18)5-3-12)20-10-14-9-16(19)8-13-6-7-21-17(13)14/h2-5,8-9,11,20H,6-7,10H2,1H3/t11-/m0/s1. The number of ether oxygens (including phenoxy) is 1. The van der Waals surface area contributed by atoms with Gasteiger partial charge in [-0.1, -0.05) is 35.3 Å². The van der Waals surface area contributed by atoms with Gasteiger partial charge in [0.1, 0.15) is 5.75 Å². The van der Waals surface area contributed by atoms with Gasteiger partial charge in [-0.25, -0.2) is 0 Å². The van der Waals surface area contributed by atoms with Crippen molar-refractivity contribution in [2.24, 2.45) is 0 Å². The van der Waals surface area contributed by atoms with Gasteiger partial charge in [-0.05, 0) is 42.3 Å². The lowest BCUT2D eigenvalue weighted by Crippen LogP contribution is -2.18. The summed E-state index contributed by atoms with van der Waals surface area (Å²) in [5.74, 6) is 0.996. The van der Waals surface area contributed by atoms with E-state index >= 15 is 0 Å². The lowest BCUT2D eigenvalue weighted by Gasteiger charge is -2.16. The molecular weight excluding hydrogens is 305 g/mol. The second kappa shape index (κ2) is 6.27. The SMILES string of the molecule is C[C@H](NCc1cc(Cl)cc2c1OCC2)c1ccc(Cl)cc1. The van der Waals surface area contributed by atoms with Gasteiger partial charge in [0.15, 0.2) is 0 Å². The zero-order valence-corrected chi connectivity index (χ0v) is 13.3. The van der Waals surface area contributed by atoms with E-state index < -0.39 is 0 Å². The Bertz CT molecular complexity index is 640. The van der Waals surface area contributed by atoms with E-state index in [2.05, 4.69) is 12.2 Å². The van der Waals surface area contributed by atoms with Crippen molar-refractivity contribution in [3.05, 3.63) is 63.1 Å². The van der Waals surface area contributed by atoms with Crippen LogP contribution in [0, 0.1) is 0 Å². The van der Waals surface area contributed by atoms with Crippen molar-refractivity contribution in [3.63, 3.8) is 0 Å². The van der Waals surface area contributed by atoms with Crippen LogP contribution in [0.1, 0.15) is 29.7 Å². The maximum Gasteiger partial charge on any atom is 0.127 e. The van der Waals surface area contributed by atoms with Crippen LogP contribution in [0.2, 0.25) is 10.0 Å². The van der Waals surface area contributed by atoms with Crippen molar-refractivity contribution in [1.82, 2.24) is 5.32 Å². The van der Waals surface area contributed by atoms with Crippen LogP contribution < -0.4 is 10.1 Å². The average molecular weight is 322 g/mol. The minimum absolute atomic E-state index is 0.235. The molecule has 2 aromatic carbocycles. The molecule has 0 saturated carbocycles. The van der Waals surface area contributed by atoms with E-state index in [1.165, 1.54) is 11.1 Å². The minimum Gasteiger partial charge on any atom is -0.493 e. The monoisotopic (exact) mass is 321 g/mol. The fraction of sp³-hybridized carbons (Fsp3) is 0.294. The van der Waals surface area contributed by atoms with Gasteiger partial charge in [0.05, 0.1) is 6.61 Å². The van der Waals surface area contributed by atoms with E-state index in [-0.39, 0.29) is 6.04 Å². The second-order valence-corrected chi connectivity index (χ2v) is 6.18. The van der Waals surface area contributed by atoms with Gasteiger partial charge in [0, 0.05) is 34.6 Å². The molecule has 0 saturated heterocycles. The largest absolute Gasteiger partial charge is 0.493 e. The summed E-state index contributed by atoms with van der Waals surface area (Å²) < 4.78 is 5.72. The smallest absolute Gasteiger partial charge is 0.127 e. The fourth-order valence-electron chi connectivity index (χ4n) is 2.61. The first-order valence-electron chi connectivity index (χ1n) is 7.06. The molecule has 0 amide bonds. The third-order valence-corrected chi connectivity index (χ3v) is 4.26. The normalized spacial score (nSPS) is 14.6. The van der Waals surface area contributed by atoms with E-state index in [4.69, 9.17) is 27.9 Å². The molecule has 1 aliphatic rings. The summed E-state index contributed by atoms with van der Waals surface area (Å²) in [6.07, 6.45) is 0.940. The van der Waals surface area contributed by atoms with Gasteiger partial charge in [0.2, 0.25) is 0 Å². The highest BCUT2D eigenvalue weighted by molar-refractivity contribution is 6.31. The third kappa shape index (κ3) is 3.34. The van der Waals surface area contributed by atoms with Gasteiger partial charge in [-0.3, -0.25) is 0 Å². The number of halogens is 2. The number of benzene rings is 2. The van der Waals surface area contributed by atoms with Crippen LogP contribution in [0.5, 0.6) is 5.75 Å². The maximum atomic E-state index is 6.18. The topological polar surface area (TPSA) is 21.3 Å². The molecule has 21 heavy (non-hydrogen) atoms. The highest BCUT2D eigenvalue weighted by atomic mass is 35.5. The highest BCUT2D eigenvalue weighted by Gasteiger charge is 2.18. The number of rotatable bonds is 4. The van der Waals surface area contributed by atoms with Crippen LogP contribution >= 0.6 is 23.2 Å². The van der Waals surface area contributed by atoms with Crippen molar-refractivity contribution in [3.8, 4) is 5.75 Å².